The molecule has 1 aromatic carbocycles. The lowest BCUT2D eigenvalue weighted by Crippen LogP contribution is -2.44. The van der Waals surface area contributed by atoms with Crippen molar-refractivity contribution in [2.24, 2.45) is 0 Å². The lowest BCUT2D eigenvalue weighted by atomic mass is 10.1. The molecule has 1 saturated heterocycles. The molecular weight excluding hydrogens is 292 g/mol. The number of benzene rings is 1. The van der Waals surface area contributed by atoms with E-state index < -0.39 is 6.10 Å². The van der Waals surface area contributed by atoms with Gasteiger partial charge in [-0.15, -0.1) is 0 Å². The maximum absolute atomic E-state index is 10.5. The average molecular weight is 322 g/mol. The van der Waals surface area contributed by atoms with Crippen molar-refractivity contribution in [1.82, 2.24) is 9.80 Å². The first-order valence-corrected chi connectivity index (χ1v) is 8.62. The summed E-state index contributed by atoms with van der Waals surface area (Å²) in [5, 5.41) is 10.5. The number of hydrogen-bond donors (Lipinski definition) is 1. The predicted molar refractivity (Wildman–Crippen MR) is 92.3 cm³/mol. The minimum atomic E-state index is -0.468. The molecule has 0 bridgehead atoms. The van der Waals surface area contributed by atoms with Gasteiger partial charge in [0.2, 0.25) is 0 Å². The van der Waals surface area contributed by atoms with Crippen LogP contribution in [0.25, 0.3) is 0 Å². The molecule has 1 unspecified atom stereocenters. The highest BCUT2D eigenvalue weighted by Gasteiger charge is 2.17. The van der Waals surface area contributed by atoms with Gasteiger partial charge in [0.15, 0.2) is 11.5 Å². The van der Waals surface area contributed by atoms with Crippen molar-refractivity contribution in [2.75, 3.05) is 53.0 Å². The Balaban J connectivity index is 1.92. The summed E-state index contributed by atoms with van der Waals surface area (Å²) in [6.07, 6.45) is 0.271. The smallest absolute Gasteiger partial charge is 0.161 e. The van der Waals surface area contributed by atoms with Gasteiger partial charge in [-0.25, -0.2) is 0 Å². The van der Waals surface area contributed by atoms with Crippen LogP contribution in [-0.4, -0.2) is 67.9 Å². The third kappa shape index (κ3) is 5.37. The van der Waals surface area contributed by atoms with Gasteiger partial charge >= 0.3 is 0 Å². The van der Waals surface area contributed by atoms with Crippen molar-refractivity contribution < 1.29 is 14.6 Å². The van der Waals surface area contributed by atoms with Crippen molar-refractivity contribution in [3.63, 3.8) is 0 Å². The third-order valence-corrected chi connectivity index (χ3v) is 4.27. The minimum absolute atomic E-state index is 0.468. The number of likely N-dealkylation sites (N-methyl/N-ethyl adjacent to an activating group) is 1. The largest absolute Gasteiger partial charge is 0.490 e. The normalized spacial score (nSPS) is 17.9. The van der Waals surface area contributed by atoms with Crippen LogP contribution in [0.1, 0.15) is 31.9 Å². The van der Waals surface area contributed by atoms with E-state index >= 15 is 0 Å². The van der Waals surface area contributed by atoms with Gasteiger partial charge in [0.1, 0.15) is 0 Å². The first kappa shape index (κ1) is 18.0. The highest BCUT2D eigenvalue weighted by Crippen LogP contribution is 2.31. The molecule has 0 radical (unpaired) electrons. The van der Waals surface area contributed by atoms with Gasteiger partial charge in [-0.2, -0.15) is 0 Å². The zero-order valence-corrected chi connectivity index (χ0v) is 14.6. The highest BCUT2D eigenvalue weighted by molar-refractivity contribution is 5.43. The van der Waals surface area contributed by atoms with E-state index in [0.717, 1.165) is 50.5 Å². The Morgan fingerprint density at radius 1 is 1.04 bits per heavy atom. The molecular formula is C18H30N2O3. The zero-order valence-electron chi connectivity index (χ0n) is 14.6. The van der Waals surface area contributed by atoms with Gasteiger partial charge in [0.25, 0.3) is 0 Å². The number of piperazine rings is 1. The number of rotatable bonds is 8. The summed E-state index contributed by atoms with van der Waals surface area (Å²) < 4.78 is 11.2. The zero-order chi connectivity index (χ0) is 16.7. The summed E-state index contributed by atoms with van der Waals surface area (Å²) in [7, 11) is 2.15. The van der Waals surface area contributed by atoms with Gasteiger partial charge in [-0.1, -0.05) is 6.07 Å². The molecule has 130 valence electrons. The molecule has 0 aliphatic carbocycles. The van der Waals surface area contributed by atoms with E-state index in [2.05, 4.69) is 16.8 Å². The van der Waals surface area contributed by atoms with Crippen LogP contribution in [0, 0.1) is 0 Å². The fraction of sp³-hybridized carbons (Fsp3) is 0.667. The van der Waals surface area contributed by atoms with Crippen LogP contribution in [0.15, 0.2) is 18.2 Å². The van der Waals surface area contributed by atoms with E-state index in [1.165, 1.54) is 0 Å². The van der Waals surface area contributed by atoms with Crippen LogP contribution in [0.3, 0.4) is 0 Å². The van der Waals surface area contributed by atoms with E-state index in [1.807, 2.05) is 32.0 Å². The van der Waals surface area contributed by atoms with Gasteiger partial charge in [-0.3, -0.25) is 0 Å². The molecule has 0 spiro atoms. The first-order chi connectivity index (χ1) is 11.1. The Morgan fingerprint density at radius 3 is 2.35 bits per heavy atom. The average Bonchev–Trinajstić information content (AvgIpc) is 2.56. The van der Waals surface area contributed by atoms with Gasteiger partial charge in [-0.05, 0) is 45.0 Å². The number of nitrogens with zero attached hydrogens (tertiary/aromatic N) is 2. The highest BCUT2D eigenvalue weighted by atomic mass is 16.5. The van der Waals surface area contributed by atoms with Crippen LogP contribution in [0.5, 0.6) is 11.5 Å². The molecule has 1 atom stereocenters. The van der Waals surface area contributed by atoms with Crippen molar-refractivity contribution in [3.8, 4) is 11.5 Å². The second kappa shape index (κ2) is 9.11. The van der Waals surface area contributed by atoms with E-state index in [4.69, 9.17) is 9.47 Å². The van der Waals surface area contributed by atoms with E-state index in [-0.39, 0.29) is 0 Å². The van der Waals surface area contributed by atoms with Crippen LogP contribution in [0.2, 0.25) is 0 Å². The van der Waals surface area contributed by atoms with Crippen LogP contribution < -0.4 is 9.47 Å². The molecule has 5 nitrogen and oxygen atoms in total. The molecule has 0 amide bonds. The summed E-state index contributed by atoms with van der Waals surface area (Å²) in [5.74, 6) is 1.45. The van der Waals surface area contributed by atoms with Gasteiger partial charge in [0, 0.05) is 32.7 Å². The molecule has 0 saturated carbocycles. The number of aliphatic hydroxyl groups is 1. The molecule has 5 heteroatoms. The topological polar surface area (TPSA) is 45.2 Å². The lowest BCUT2D eigenvalue weighted by Gasteiger charge is -2.32. The number of ether oxygens (including phenoxy) is 2. The van der Waals surface area contributed by atoms with Crippen molar-refractivity contribution in [1.29, 1.82) is 0 Å². The molecule has 1 fully saturated rings. The Hall–Kier alpha value is -1.30. The Labute approximate surface area is 139 Å². The molecule has 0 aromatic heterocycles. The number of aliphatic hydroxyl groups excluding tert-OH is 1. The Bertz CT molecular complexity index is 473. The van der Waals surface area contributed by atoms with Crippen molar-refractivity contribution in [3.05, 3.63) is 23.8 Å². The first-order valence-electron chi connectivity index (χ1n) is 8.62. The van der Waals surface area contributed by atoms with Crippen LogP contribution in [-0.2, 0) is 0 Å². The molecule has 1 aliphatic heterocycles. The van der Waals surface area contributed by atoms with Crippen LogP contribution >= 0.6 is 0 Å². The standard InChI is InChI=1S/C18H30N2O3/c1-4-22-17-7-6-15(14-18(17)23-5-2)16(21)8-9-20-12-10-19(3)11-13-20/h6-7,14,16,21H,4-5,8-13H2,1-3H3. The molecule has 1 N–H and O–H groups in total. The Morgan fingerprint density at radius 2 is 1.70 bits per heavy atom. The van der Waals surface area contributed by atoms with Crippen molar-refractivity contribution in [2.45, 2.75) is 26.4 Å². The second-order valence-corrected chi connectivity index (χ2v) is 6.02. The van der Waals surface area contributed by atoms with E-state index in [9.17, 15) is 5.11 Å². The van der Waals surface area contributed by atoms with E-state index in [1.54, 1.807) is 0 Å². The quantitative estimate of drug-likeness (QED) is 0.794. The lowest BCUT2D eigenvalue weighted by molar-refractivity contribution is 0.112. The van der Waals surface area contributed by atoms with Gasteiger partial charge in [0.05, 0.1) is 19.3 Å². The molecule has 1 heterocycles. The summed E-state index contributed by atoms with van der Waals surface area (Å²) >= 11 is 0. The summed E-state index contributed by atoms with van der Waals surface area (Å²) in [4.78, 5) is 4.76. The summed E-state index contributed by atoms with van der Waals surface area (Å²) in [6.45, 7) is 10.4. The second-order valence-electron chi connectivity index (χ2n) is 6.02. The molecule has 1 aliphatic rings. The maximum Gasteiger partial charge on any atom is 0.161 e. The summed E-state index contributed by atoms with van der Waals surface area (Å²) in [6, 6.07) is 5.73. The summed E-state index contributed by atoms with van der Waals surface area (Å²) in [5.41, 5.74) is 0.894. The molecule has 1 aromatic rings. The minimum Gasteiger partial charge on any atom is -0.490 e. The predicted octanol–water partition coefficient (Wildman–Crippen LogP) is 2.15. The molecule has 2 rings (SSSR count). The maximum atomic E-state index is 10.5. The fourth-order valence-corrected chi connectivity index (χ4v) is 2.82. The number of hydrogen-bond acceptors (Lipinski definition) is 5. The molecule has 23 heavy (non-hydrogen) atoms. The van der Waals surface area contributed by atoms with Crippen LogP contribution in [0.4, 0.5) is 0 Å². The monoisotopic (exact) mass is 322 g/mol. The van der Waals surface area contributed by atoms with E-state index in [0.29, 0.717) is 19.0 Å². The fourth-order valence-electron chi connectivity index (χ4n) is 2.82. The van der Waals surface area contributed by atoms with Gasteiger partial charge < -0.3 is 24.4 Å². The Kier molecular flexibility index (Phi) is 7.15. The third-order valence-electron chi connectivity index (χ3n) is 4.27. The van der Waals surface area contributed by atoms with Crippen molar-refractivity contribution >= 4 is 0 Å². The SMILES string of the molecule is CCOc1ccc(C(O)CCN2CCN(C)CC2)cc1OCC.